The summed E-state index contributed by atoms with van der Waals surface area (Å²) in [5.74, 6) is -8.48. The van der Waals surface area contributed by atoms with Crippen molar-refractivity contribution < 1.29 is 44.0 Å². The van der Waals surface area contributed by atoms with Crippen LogP contribution in [0.1, 0.15) is 34.7 Å². The zero-order chi connectivity index (χ0) is 31.2. The Labute approximate surface area is 262 Å². The predicted octanol–water partition coefficient (Wildman–Crippen LogP) is 3.72. The molecule has 14 heteroatoms. The number of phenols is 2. The number of hydrogen-bond acceptors (Lipinski definition) is 8. The molecular weight excluding hydrogens is 671 g/mol. The predicted molar refractivity (Wildman–Crippen MR) is 156 cm³/mol. The second kappa shape index (κ2) is 9.96. The van der Waals surface area contributed by atoms with Gasteiger partial charge < -0.3 is 20.1 Å². The van der Waals surface area contributed by atoms with Crippen molar-refractivity contribution in [1.82, 2.24) is 4.90 Å². The fraction of sp³-hybridized carbons (Fsp3) is 0.345. The normalized spacial score (nSPS) is 31.5. The first kappa shape index (κ1) is 29.5. The number of ether oxygens (including phenoxy) is 1. The lowest BCUT2D eigenvalue weighted by Gasteiger charge is -2.50. The highest BCUT2D eigenvalue weighted by Gasteiger charge is 2.76. The molecule has 6 atom stereocenters. The quantitative estimate of drug-likeness (QED) is 0.183. The minimum absolute atomic E-state index is 0.00857. The van der Waals surface area contributed by atoms with E-state index in [-0.39, 0.29) is 35.5 Å². The van der Waals surface area contributed by atoms with E-state index in [1.165, 1.54) is 25.3 Å². The van der Waals surface area contributed by atoms with Crippen molar-refractivity contribution in [2.45, 2.75) is 28.5 Å². The lowest BCUT2D eigenvalue weighted by atomic mass is 9.56. The van der Waals surface area contributed by atoms with Crippen molar-refractivity contribution in [1.29, 1.82) is 0 Å². The zero-order valence-electron chi connectivity index (χ0n) is 22.3. The van der Waals surface area contributed by atoms with Crippen molar-refractivity contribution in [3.8, 4) is 17.2 Å². The monoisotopic (exact) mass is 692 g/mol. The molecule has 11 nitrogen and oxygen atoms in total. The first-order valence-corrected chi connectivity index (χ1v) is 15.0. The second-order valence-electron chi connectivity index (χ2n) is 10.9. The van der Waals surface area contributed by atoms with Crippen LogP contribution >= 0.6 is 39.1 Å². The molecule has 6 rings (SSSR count). The van der Waals surface area contributed by atoms with Crippen LogP contribution in [-0.4, -0.2) is 72.1 Å². The number of phenolic OH excluding ortho intramolecular Hbond substituents is 1. The van der Waals surface area contributed by atoms with Crippen LogP contribution < -0.4 is 9.64 Å². The number of carbonyl (C=O) groups is 5. The van der Waals surface area contributed by atoms with Crippen LogP contribution in [0.2, 0.25) is 0 Å². The maximum Gasteiger partial charge on any atom is 0.339 e. The Bertz CT molecular complexity index is 1680. The van der Waals surface area contributed by atoms with Gasteiger partial charge in [0.25, 0.3) is 11.8 Å². The van der Waals surface area contributed by atoms with Gasteiger partial charge in [-0.3, -0.25) is 24.1 Å². The van der Waals surface area contributed by atoms with E-state index in [1.54, 1.807) is 12.1 Å². The number of aromatic carboxylic acids is 1. The third-order valence-corrected chi connectivity index (χ3v) is 10.9. The Balaban J connectivity index is 1.49. The number of allylic oxidation sites excluding steroid dienone is 2. The van der Waals surface area contributed by atoms with Gasteiger partial charge in [-0.25, -0.2) is 9.69 Å². The molecule has 224 valence electrons. The average molecular weight is 694 g/mol. The third-order valence-electron chi connectivity index (χ3n) is 9.02. The lowest BCUT2D eigenvalue weighted by molar-refractivity contribution is -0.138. The molecule has 0 bridgehead atoms. The number of rotatable bonds is 5. The number of halogens is 3. The SMILES string of the molecule is COc1ccc([C@H]2C3=CC[C@@H]4C(=O)N(c5ccc(C(=O)O)c(O)c5)C(=O)[C@@H]4[C@@H]3C[C@@]3(Cl)C(=O)N(CBr)C(=O)[C@@]23Cl)cc1O. The maximum absolute atomic E-state index is 14.0. The van der Waals surface area contributed by atoms with Crippen LogP contribution in [0.15, 0.2) is 48.0 Å². The van der Waals surface area contributed by atoms with Gasteiger partial charge in [0, 0.05) is 12.0 Å². The minimum Gasteiger partial charge on any atom is -0.507 e. The number of imide groups is 2. The molecule has 2 aromatic carbocycles. The number of likely N-dealkylation sites (tertiary alicyclic amines) is 1. The number of carboxylic acid groups (broad SMARTS) is 1. The van der Waals surface area contributed by atoms with Crippen LogP contribution in [0.4, 0.5) is 5.69 Å². The highest BCUT2D eigenvalue weighted by Crippen LogP contribution is 2.65. The standard InChI is InChI=1S/C29H23BrCl2N2O9/c1-43-20-7-2-12(8-19(20)36)22-14-5-6-16-21(17(14)10-28(31)26(41)33(11-30)27(42)29(22,28)32)24(38)34(23(16)37)13-3-4-15(25(39)40)18(35)9-13/h2-5,7-9,16-17,21-22,35-36H,6,10-11H2,1H3,(H,39,40)/t16-,17+,21-,22-,28+,29-/m0/s1. The molecule has 1 saturated carbocycles. The van der Waals surface area contributed by atoms with Crippen LogP contribution in [0.3, 0.4) is 0 Å². The van der Waals surface area contributed by atoms with E-state index in [0.29, 0.717) is 11.1 Å². The number of aromatic hydroxyl groups is 2. The molecule has 2 heterocycles. The van der Waals surface area contributed by atoms with Crippen molar-refractivity contribution in [3.05, 3.63) is 59.2 Å². The van der Waals surface area contributed by atoms with E-state index in [2.05, 4.69) is 15.9 Å². The maximum atomic E-state index is 14.0. The van der Waals surface area contributed by atoms with E-state index in [0.717, 1.165) is 21.9 Å². The third kappa shape index (κ3) is 3.82. The highest BCUT2D eigenvalue weighted by atomic mass is 79.9. The smallest absolute Gasteiger partial charge is 0.339 e. The number of methoxy groups -OCH3 is 1. The summed E-state index contributed by atoms with van der Waals surface area (Å²) in [5, 5.41) is 30.1. The Morgan fingerprint density at radius 1 is 1.02 bits per heavy atom. The van der Waals surface area contributed by atoms with Crippen LogP contribution in [0.25, 0.3) is 0 Å². The first-order valence-electron chi connectivity index (χ1n) is 13.1. The molecule has 2 aromatic rings. The molecule has 3 fully saturated rings. The number of carbonyl (C=O) groups excluding carboxylic acids is 4. The molecule has 4 aliphatic rings. The number of hydrogen-bond donors (Lipinski definition) is 3. The Morgan fingerprint density at radius 2 is 1.74 bits per heavy atom. The summed E-state index contributed by atoms with van der Waals surface area (Å²) in [6.45, 7) is 0. The summed E-state index contributed by atoms with van der Waals surface area (Å²) in [4.78, 5) is 64.3. The minimum atomic E-state index is -2.03. The summed E-state index contributed by atoms with van der Waals surface area (Å²) < 4.78 is 5.17. The zero-order valence-corrected chi connectivity index (χ0v) is 25.4. The first-order chi connectivity index (χ1) is 20.3. The summed E-state index contributed by atoms with van der Waals surface area (Å²) in [7, 11) is 1.37. The van der Waals surface area contributed by atoms with Gasteiger partial charge in [0.15, 0.2) is 21.2 Å². The molecule has 0 radical (unpaired) electrons. The fourth-order valence-electron chi connectivity index (χ4n) is 7.11. The molecular formula is C29H23BrCl2N2O9. The van der Waals surface area contributed by atoms with E-state index in [4.69, 9.17) is 27.9 Å². The highest BCUT2D eigenvalue weighted by molar-refractivity contribution is 9.09. The number of carboxylic acids is 1. The molecule has 2 saturated heterocycles. The van der Waals surface area contributed by atoms with Gasteiger partial charge in [0.1, 0.15) is 11.3 Å². The van der Waals surface area contributed by atoms with Gasteiger partial charge >= 0.3 is 5.97 Å². The Morgan fingerprint density at radius 3 is 2.35 bits per heavy atom. The largest absolute Gasteiger partial charge is 0.507 e. The molecule has 0 aromatic heterocycles. The van der Waals surface area contributed by atoms with Gasteiger partial charge in [-0.1, -0.05) is 33.6 Å². The average Bonchev–Trinajstić information content (AvgIpc) is 3.30. The van der Waals surface area contributed by atoms with E-state index < -0.39 is 74.3 Å². The molecule has 4 amide bonds. The van der Waals surface area contributed by atoms with Crippen molar-refractivity contribution in [3.63, 3.8) is 0 Å². The Hall–Kier alpha value is -3.61. The van der Waals surface area contributed by atoms with Crippen molar-refractivity contribution in [2.75, 3.05) is 17.5 Å². The topological polar surface area (TPSA) is 162 Å². The van der Waals surface area contributed by atoms with Crippen LogP contribution in [0.5, 0.6) is 17.2 Å². The number of nitrogens with zero attached hydrogens (tertiary/aromatic N) is 2. The summed E-state index contributed by atoms with van der Waals surface area (Å²) in [6, 6.07) is 7.84. The summed E-state index contributed by atoms with van der Waals surface area (Å²) >= 11 is 17.5. The number of amides is 4. The summed E-state index contributed by atoms with van der Waals surface area (Å²) in [6.07, 6.45) is 1.61. The van der Waals surface area contributed by atoms with Gasteiger partial charge in [0.05, 0.1) is 30.1 Å². The van der Waals surface area contributed by atoms with E-state index >= 15 is 0 Å². The van der Waals surface area contributed by atoms with Gasteiger partial charge in [-0.15, -0.1) is 23.2 Å². The van der Waals surface area contributed by atoms with E-state index in [9.17, 15) is 39.3 Å². The molecule has 0 spiro atoms. The summed E-state index contributed by atoms with van der Waals surface area (Å²) in [5.41, 5.74) is 0.302. The molecule has 2 aliphatic carbocycles. The Kier molecular flexibility index (Phi) is 6.83. The molecule has 0 unspecified atom stereocenters. The van der Waals surface area contributed by atoms with Crippen LogP contribution in [0, 0.1) is 17.8 Å². The van der Waals surface area contributed by atoms with Gasteiger partial charge in [-0.05, 0) is 48.6 Å². The number of fused-ring (bicyclic) bond motifs is 4. The molecule has 3 N–H and O–H groups in total. The van der Waals surface area contributed by atoms with Crippen LogP contribution in [-0.2, 0) is 19.2 Å². The second-order valence-corrected chi connectivity index (χ2v) is 12.7. The number of benzene rings is 2. The van der Waals surface area contributed by atoms with Gasteiger partial charge in [0.2, 0.25) is 11.8 Å². The van der Waals surface area contributed by atoms with Crippen molar-refractivity contribution in [2.24, 2.45) is 17.8 Å². The van der Waals surface area contributed by atoms with Gasteiger partial charge in [-0.2, -0.15) is 0 Å². The van der Waals surface area contributed by atoms with Crippen molar-refractivity contribution >= 4 is 74.4 Å². The number of alkyl halides is 3. The lowest BCUT2D eigenvalue weighted by Crippen LogP contribution is -2.60. The number of anilines is 1. The molecule has 43 heavy (non-hydrogen) atoms. The van der Waals surface area contributed by atoms with E-state index in [1.807, 2.05) is 0 Å². The molecule has 2 aliphatic heterocycles. The fourth-order valence-corrected chi connectivity index (χ4v) is 8.53.